The van der Waals surface area contributed by atoms with Crippen LogP contribution in [0.1, 0.15) is 0 Å². The van der Waals surface area contributed by atoms with Crippen LogP contribution in [-0.4, -0.2) is 29.3 Å². The molecule has 4 aromatic rings. The van der Waals surface area contributed by atoms with Crippen LogP contribution in [0.4, 0.5) is 17.1 Å². The van der Waals surface area contributed by atoms with Gasteiger partial charge in [-0.1, -0.05) is 29.8 Å². The number of rotatable bonds is 4. The first-order chi connectivity index (χ1) is 15.2. The average Bonchev–Trinajstić information content (AvgIpc) is 3.18. The van der Waals surface area contributed by atoms with Crippen LogP contribution in [0, 0.1) is 30.3 Å². The Morgan fingerprint density at radius 3 is 1.97 bits per heavy atom. The summed E-state index contributed by atoms with van der Waals surface area (Å²) in [7, 11) is 0. The van der Waals surface area contributed by atoms with E-state index < -0.39 is 37.6 Å². The zero-order valence-electron chi connectivity index (χ0n) is 15.9. The molecule has 0 saturated heterocycles. The zero-order valence-corrected chi connectivity index (χ0v) is 16.6. The number of non-ortho nitro benzene ring substituents is 1. The van der Waals surface area contributed by atoms with E-state index in [1.54, 1.807) is 0 Å². The molecule has 162 valence electrons. The first-order valence-corrected chi connectivity index (χ1v) is 9.05. The lowest BCUT2D eigenvalue weighted by Gasteiger charge is -1.97. The Morgan fingerprint density at radius 1 is 0.875 bits per heavy atom. The zero-order chi connectivity index (χ0) is 23.4. The van der Waals surface area contributed by atoms with Crippen molar-refractivity contribution in [3.63, 3.8) is 0 Å². The van der Waals surface area contributed by atoms with E-state index in [1.807, 2.05) is 59.3 Å². The van der Waals surface area contributed by atoms with Crippen molar-refractivity contribution >= 4 is 34.3 Å². The van der Waals surface area contributed by atoms with E-state index in [4.69, 9.17) is 16.7 Å². The molecule has 0 atom stereocenters. The van der Waals surface area contributed by atoms with Gasteiger partial charge < -0.3 is 9.51 Å². The van der Waals surface area contributed by atoms with Crippen molar-refractivity contribution in [1.82, 2.24) is 9.38 Å². The molecule has 0 amide bonds. The molecule has 2 aromatic heterocycles. The van der Waals surface area contributed by atoms with E-state index in [2.05, 4.69) is 4.98 Å². The minimum absolute atomic E-state index is 0.447. The van der Waals surface area contributed by atoms with Gasteiger partial charge in [-0.15, -0.1) is 0 Å². The van der Waals surface area contributed by atoms with Gasteiger partial charge in [-0.3, -0.25) is 30.3 Å². The number of benzene rings is 2. The molecular formula is C19H12ClN5O7. The molecule has 0 unspecified atom stereocenters. The van der Waals surface area contributed by atoms with E-state index in [-0.39, 0.29) is 0 Å². The predicted octanol–water partition coefficient (Wildman–Crippen LogP) is 4.77. The number of hydrogen-bond donors (Lipinski definition) is 1. The normalized spacial score (nSPS) is 10.3. The highest BCUT2D eigenvalue weighted by molar-refractivity contribution is 6.30. The summed E-state index contributed by atoms with van der Waals surface area (Å²) in [4.78, 5) is 32.3. The minimum Gasteiger partial charge on any atom is -0.497 e. The molecule has 0 saturated carbocycles. The van der Waals surface area contributed by atoms with E-state index in [9.17, 15) is 30.3 Å². The fourth-order valence-corrected chi connectivity index (χ4v) is 2.79. The van der Waals surface area contributed by atoms with Crippen molar-refractivity contribution in [2.45, 2.75) is 0 Å². The molecule has 2 heterocycles. The topological polar surface area (TPSA) is 167 Å². The molecule has 0 aliphatic carbocycles. The van der Waals surface area contributed by atoms with Gasteiger partial charge in [0.15, 0.2) is 0 Å². The number of aromatic hydroxyl groups is 1. The van der Waals surface area contributed by atoms with E-state index >= 15 is 0 Å². The van der Waals surface area contributed by atoms with Crippen LogP contribution in [0.25, 0.3) is 16.9 Å². The molecule has 0 spiro atoms. The van der Waals surface area contributed by atoms with Crippen LogP contribution in [0.5, 0.6) is 5.75 Å². The van der Waals surface area contributed by atoms with Crippen LogP contribution in [0.2, 0.25) is 5.02 Å². The van der Waals surface area contributed by atoms with Crippen molar-refractivity contribution in [3.8, 4) is 17.0 Å². The summed E-state index contributed by atoms with van der Waals surface area (Å²) < 4.78 is 2.00. The van der Waals surface area contributed by atoms with Gasteiger partial charge in [0.2, 0.25) is 0 Å². The second kappa shape index (κ2) is 9.06. The standard InChI is InChI=1S/C13H9ClN2.C6H3N3O7/c14-11-6-4-10(5-7-11)12-9-16-8-2-1-3-13(16)15-12;10-6-4(8(13)14)1-3(7(11)12)2-5(6)9(15)16/h1-9H;1-2,10H. The molecule has 1 N–H and O–H groups in total. The SMILES string of the molecule is Clc1ccc(-c2cn3ccccc3n2)cc1.O=[N+]([O-])c1cc([N+](=O)[O-])c(O)c([N+](=O)[O-])c1. The number of hydrogen-bond acceptors (Lipinski definition) is 8. The van der Waals surface area contributed by atoms with Gasteiger partial charge in [0.25, 0.3) is 11.4 Å². The van der Waals surface area contributed by atoms with Gasteiger partial charge in [0, 0.05) is 23.0 Å². The summed E-state index contributed by atoms with van der Waals surface area (Å²) in [6.07, 6.45) is 4.00. The third-order valence-corrected chi connectivity index (χ3v) is 4.41. The number of phenols is 1. The molecule has 0 bridgehead atoms. The summed E-state index contributed by atoms with van der Waals surface area (Å²) in [6.45, 7) is 0. The number of nitrogens with zero attached hydrogens (tertiary/aromatic N) is 5. The van der Waals surface area contributed by atoms with Crippen LogP contribution >= 0.6 is 11.6 Å². The monoisotopic (exact) mass is 457 g/mol. The first-order valence-electron chi connectivity index (χ1n) is 8.67. The van der Waals surface area contributed by atoms with Gasteiger partial charge >= 0.3 is 11.4 Å². The van der Waals surface area contributed by atoms with Gasteiger partial charge in [-0.05, 0) is 24.3 Å². The maximum atomic E-state index is 10.4. The lowest BCUT2D eigenvalue weighted by Crippen LogP contribution is -1.97. The number of nitro benzene ring substituents is 3. The summed E-state index contributed by atoms with van der Waals surface area (Å²) in [6, 6.07) is 14.5. The number of imidazole rings is 1. The smallest absolute Gasteiger partial charge is 0.324 e. The van der Waals surface area contributed by atoms with Gasteiger partial charge in [-0.2, -0.15) is 0 Å². The van der Waals surface area contributed by atoms with Crippen molar-refractivity contribution in [2.24, 2.45) is 0 Å². The lowest BCUT2D eigenvalue weighted by molar-refractivity contribution is -0.404. The second-order valence-electron chi connectivity index (χ2n) is 6.20. The highest BCUT2D eigenvalue weighted by Gasteiger charge is 2.30. The molecule has 0 aliphatic heterocycles. The summed E-state index contributed by atoms with van der Waals surface area (Å²) in [5.41, 5.74) is -0.0126. The van der Waals surface area contributed by atoms with Crippen LogP contribution < -0.4 is 0 Å². The van der Waals surface area contributed by atoms with Crippen molar-refractivity contribution in [1.29, 1.82) is 0 Å². The fourth-order valence-electron chi connectivity index (χ4n) is 2.67. The highest BCUT2D eigenvalue weighted by Crippen LogP contribution is 2.38. The minimum atomic E-state index is -1.21. The number of fused-ring (bicyclic) bond motifs is 1. The van der Waals surface area contributed by atoms with Gasteiger partial charge in [0.1, 0.15) is 5.65 Å². The van der Waals surface area contributed by atoms with Crippen molar-refractivity contribution in [2.75, 3.05) is 0 Å². The second-order valence-corrected chi connectivity index (χ2v) is 6.64. The predicted molar refractivity (Wildman–Crippen MR) is 114 cm³/mol. The fraction of sp³-hybridized carbons (Fsp3) is 0. The molecule has 0 fully saturated rings. The lowest BCUT2D eigenvalue weighted by atomic mass is 10.2. The molecule has 12 nitrogen and oxygen atoms in total. The molecule has 32 heavy (non-hydrogen) atoms. The third-order valence-electron chi connectivity index (χ3n) is 4.16. The number of pyridine rings is 1. The summed E-state index contributed by atoms with van der Waals surface area (Å²) in [5, 5.41) is 41.0. The van der Waals surface area contributed by atoms with Crippen LogP contribution in [0.15, 0.2) is 67.0 Å². The van der Waals surface area contributed by atoms with Crippen molar-refractivity contribution in [3.05, 3.63) is 102 Å². The van der Waals surface area contributed by atoms with E-state index in [0.29, 0.717) is 12.1 Å². The van der Waals surface area contributed by atoms with E-state index in [0.717, 1.165) is 21.9 Å². The third kappa shape index (κ3) is 4.76. The van der Waals surface area contributed by atoms with Crippen LogP contribution in [-0.2, 0) is 0 Å². The Bertz CT molecular complexity index is 1270. The van der Waals surface area contributed by atoms with E-state index in [1.165, 1.54) is 0 Å². The Balaban J connectivity index is 0.000000181. The summed E-state index contributed by atoms with van der Waals surface area (Å²) in [5.74, 6) is -1.21. The number of phenolic OH excluding ortho intramolecular Hbond substituents is 1. The highest BCUT2D eigenvalue weighted by atomic mass is 35.5. The maximum Gasteiger partial charge on any atom is 0.324 e. The largest absolute Gasteiger partial charge is 0.497 e. The Kier molecular flexibility index (Phi) is 6.26. The first kappa shape index (κ1) is 22.1. The van der Waals surface area contributed by atoms with Gasteiger partial charge in [-0.25, -0.2) is 4.98 Å². The number of nitro groups is 3. The number of aromatic nitrogens is 2. The Labute approximate surface area is 183 Å². The Hall–Kier alpha value is -4.58. The molecule has 13 heteroatoms. The quantitative estimate of drug-likeness (QED) is 0.337. The maximum absolute atomic E-state index is 10.4. The van der Waals surface area contributed by atoms with Crippen molar-refractivity contribution < 1.29 is 19.9 Å². The molecule has 0 radical (unpaired) electrons. The average molecular weight is 458 g/mol. The van der Waals surface area contributed by atoms with Gasteiger partial charge in [0.05, 0.1) is 32.6 Å². The molecule has 2 aromatic carbocycles. The van der Waals surface area contributed by atoms with Crippen LogP contribution in [0.3, 0.4) is 0 Å². The molecule has 0 aliphatic rings. The summed E-state index contributed by atoms with van der Waals surface area (Å²) >= 11 is 5.85. The Morgan fingerprint density at radius 2 is 1.47 bits per heavy atom. The number of halogens is 1. The molecule has 4 rings (SSSR count). The molecular weight excluding hydrogens is 446 g/mol.